The van der Waals surface area contributed by atoms with Gasteiger partial charge >= 0.3 is 7.05 Å². The van der Waals surface area contributed by atoms with Crippen LogP contribution in [0, 0.1) is 5.92 Å². The average Bonchev–Trinajstić information content (AvgIpc) is 1.85. The second-order valence-corrected chi connectivity index (χ2v) is 3.41. The van der Waals surface area contributed by atoms with Crippen LogP contribution in [-0.4, -0.2) is 35.8 Å². The molecule has 1 aliphatic heterocycles. The van der Waals surface area contributed by atoms with Crippen molar-refractivity contribution in [1.29, 1.82) is 0 Å². The Hall–Kier alpha value is -0.345. The highest BCUT2D eigenvalue weighted by Crippen LogP contribution is 2.12. The zero-order valence-corrected chi connectivity index (χ0v) is 7.08. The van der Waals surface area contributed by atoms with E-state index in [9.17, 15) is 9.82 Å². The summed E-state index contributed by atoms with van der Waals surface area (Å²) in [5.74, 6) is 0.635. The summed E-state index contributed by atoms with van der Waals surface area (Å²) < 4.78 is 0. The lowest BCUT2D eigenvalue weighted by atomic mass is 9.81. The molecule has 0 bridgehead atoms. The molecule has 0 amide bonds. The van der Waals surface area contributed by atoms with Crippen LogP contribution in [0.5, 0.6) is 0 Å². The number of carbonyl (C=O) groups excluding carboxylic acids is 1. The molecule has 1 rings (SSSR count). The lowest BCUT2D eigenvalue weighted by molar-refractivity contribution is -0.122. The van der Waals surface area contributed by atoms with Crippen molar-refractivity contribution in [1.82, 2.24) is 4.81 Å². The van der Waals surface area contributed by atoms with Gasteiger partial charge in [-0.25, -0.2) is 0 Å². The number of piperidine rings is 1. The summed E-state index contributed by atoms with van der Waals surface area (Å²) >= 11 is 0. The molecule has 1 N–H and O–H groups in total. The minimum atomic E-state index is -0.485. The fraction of sp³-hybridized carbons (Fsp3) is 0.857. The van der Waals surface area contributed by atoms with Crippen LogP contribution >= 0.6 is 0 Å². The predicted octanol–water partition coefficient (Wildman–Crippen LogP) is 0.00760. The van der Waals surface area contributed by atoms with E-state index in [2.05, 4.69) is 0 Å². The van der Waals surface area contributed by atoms with E-state index in [1.54, 1.807) is 11.6 Å². The maximum Gasteiger partial charge on any atom is 0.376 e. The van der Waals surface area contributed by atoms with Gasteiger partial charge in [-0.05, 0) is 19.3 Å². The van der Waals surface area contributed by atoms with Crippen LogP contribution in [0.3, 0.4) is 0 Å². The number of Topliss-reactive ketones (excluding diaryl/α,β-unsaturated/α-hetero) is 1. The summed E-state index contributed by atoms with van der Waals surface area (Å²) in [5.41, 5.74) is 0. The Morgan fingerprint density at radius 3 is 2.82 bits per heavy atom. The van der Waals surface area contributed by atoms with Gasteiger partial charge in [0.05, 0.1) is 0 Å². The fourth-order valence-corrected chi connectivity index (χ4v) is 1.49. The SMILES string of the molecule is CB(O)N1CC(=O)CC(C)C1. The highest BCUT2D eigenvalue weighted by atomic mass is 16.2. The van der Waals surface area contributed by atoms with Gasteiger partial charge in [0.2, 0.25) is 0 Å². The summed E-state index contributed by atoms with van der Waals surface area (Å²) in [7, 11) is -0.485. The normalized spacial score (nSPS) is 27.2. The van der Waals surface area contributed by atoms with Gasteiger partial charge in [-0.2, -0.15) is 0 Å². The Balaban J connectivity index is 2.49. The van der Waals surface area contributed by atoms with Gasteiger partial charge in [-0.15, -0.1) is 0 Å². The van der Waals surface area contributed by atoms with Crippen LogP contribution in [0.25, 0.3) is 0 Å². The number of rotatable bonds is 1. The summed E-state index contributed by atoms with van der Waals surface area (Å²) in [6.07, 6.45) is 0.670. The minimum absolute atomic E-state index is 0.240. The average molecular weight is 155 g/mol. The summed E-state index contributed by atoms with van der Waals surface area (Å²) in [6.45, 7) is 4.99. The van der Waals surface area contributed by atoms with Crippen LogP contribution in [0.2, 0.25) is 6.82 Å². The Morgan fingerprint density at radius 2 is 2.36 bits per heavy atom. The Bertz CT molecular complexity index is 161. The molecule has 1 fully saturated rings. The highest BCUT2D eigenvalue weighted by molar-refractivity contribution is 6.45. The van der Waals surface area contributed by atoms with Crippen molar-refractivity contribution in [2.75, 3.05) is 13.1 Å². The molecule has 1 unspecified atom stereocenters. The van der Waals surface area contributed by atoms with E-state index in [0.29, 0.717) is 18.9 Å². The van der Waals surface area contributed by atoms with Crippen LogP contribution in [0.1, 0.15) is 13.3 Å². The predicted molar refractivity (Wildman–Crippen MR) is 44.2 cm³/mol. The van der Waals surface area contributed by atoms with Crippen molar-refractivity contribution in [3.8, 4) is 0 Å². The molecular weight excluding hydrogens is 141 g/mol. The zero-order chi connectivity index (χ0) is 8.43. The van der Waals surface area contributed by atoms with Crippen LogP contribution in [0.4, 0.5) is 0 Å². The molecule has 1 heterocycles. The summed E-state index contributed by atoms with van der Waals surface area (Å²) in [4.78, 5) is 12.8. The fourth-order valence-electron chi connectivity index (χ4n) is 1.49. The van der Waals surface area contributed by atoms with Gasteiger partial charge in [-0.3, -0.25) is 4.79 Å². The van der Waals surface area contributed by atoms with Crippen molar-refractivity contribution in [2.24, 2.45) is 5.92 Å². The third-order valence-corrected chi connectivity index (χ3v) is 2.03. The Labute approximate surface area is 67.5 Å². The lowest BCUT2D eigenvalue weighted by Crippen LogP contribution is -2.47. The molecule has 0 aromatic heterocycles. The first-order chi connectivity index (χ1) is 5.09. The highest BCUT2D eigenvalue weighted by Gasteiger charge is 2.26. The van der Waals surface area contributed by atoms with E-state index in [4.69, 9.17) is 0 Å². The molecule has 11 heavy (non-hydrogen) atoms. The monoisotopic (exact) mass is 155 g/mol. The standard InChI is InChI=1S/C7H14BNO2/c1-6-3-7(10)5-9(4-6)8(2)11/h6,11H,3-5H2,1-2H3. The van der Waals surface area contributed by atoms with Crippen LogP contribution in [0.15, 0.2) is 0 Å². The molecule has 1 atom stereocenters. The maximum atomic E-state index is 11.0. The second-order valence-electron chi connectivity index (χ2n) is 3.41. The van der Waals surface area contributed by atoms with Crippen LogP contribution in [-0.2, 0) is 4.79 Å². The van der Waals surface area contributed by atoms with Crippen molar-refractivity contribution < 1.29 is 9.82 Å². The zero-order valence-electron chi connectivity index (χ0n) is 7.08. The molecule has 3 nitrogen and oxygen atoms in total. The molecule has 0 radical (unpaired) electrons. The Morgan fingerprint density at radius 1 is 1.73 bits per heavy atom. The molecule has 0 aromatic rings. The molecule has 0 aromatic carbocycles. The third kappa shape index (κ3) is 2.31. The molecule has 0 aliphatic carbocycles. The molecule has 0 saturated carbocycles. The quantitative estimate of drug-likeness (QED) is 0.542. The third-order valence-electron chi connectivity index (χ3n) is 2.03. The van der Waals surface area contributed by atoms with E-state index >= 15 is 0 Å². The van der Waals surface area contributed by atoms with Gasteiger partial charge < -0.3 is 9.83 Å². The van der Waals surface area contributed by atoms with Crippen molar-refractivity contribution in [3.05, 3.63) is 0 Å². The summed E-state index contributed by atoms with van der Waals surface area (Å²) in [6, 6.07) is 0. The second kappa shape index (κ2) is 3.37. The Kier molecular flexibility index (Phi) is 2.68. The van der Waals surface area contributed by atoms with Crippen molar-refractivity contribution in [2.45, 2.75) is 20.2 Å². The largest absolute Gasteiger partial charge is 0.437 e. The number of carbonyl (C=O) groups is 1. The molecule has 4 heteroatoms. The molecule has 1 saturated heterocycles. The maximum absolute atomic E-state index is 11.0. The van der Waals surface area contributed by atoms with Crippen molar-refractivity contribution >= 4 is 12.8 Å². The molecule has 1 aliphatic rings. The number of nitrogens with zero attached hydrogens (tertiary/aromatic N) is 1. The van der Waals surface area contributed by atoms with Crippen LogP contribution < -0.4 is 0 Å². The van der Waals surface area contributed by atoms with Crippen molar-refractivity contribution in [3.63, 3.8) is 0 Å². The first-order valence-corrected chi connectivity index (χ1v) is 4.03. The van der Waals surface area contributed by atoms with E-state index < -0.39 is 7.05 Å². The topological polar surface area (TPSA) is 40.5 Å². The van der Waals surface area contributed by atoms with E-state index in [0.717, 1.165) is 6.54 Å². The summed E-state index contributed by atoms with van der Waals surface area (Å²) in [5, 5.41) is 9.19. The van der Waals surface area contributed by atoms with E-state index in [1.807, 2.05) is 6.92 Å². The van der Waals surface area contributed by atoms with E-state index in [-0.39, 0.29) is 5.78 Å². The number of ketones is 1. The minimum Gasteiger partial charge on any atom is -0.437 e. The van der Waals surface area contributed by atoms with Gasteiger partial charge in [-0.1, -0.05) is 6.92 Å². The van der Waals surface area contributed by atoms with Gasteiger partial charge in [0.15, 0.2) is 0 Å². The molecule has 62 valence electrons. The van der Waals surface area contributed by atoms with Gasteiger partial charge in [0, 0.05) is 13.0 Å². The number of hydrogen-bond acceptors (Lipinski definition) is 3. The first kappa shape index (κ1) is 8.75. The lowest BCUT2D eigenvalue weighted by Gasteiger charge is -2.30. The first-order valence-electron chi connectivity index (χ1n) is 4.03. The van der Waals surface area contributed by atoms with E-state index in [1.165, 1.54) is 0 Å². The smallest absolute Gasteiger partial charge is 0.376 e. The van der Waals surface area contributed by atoms with Gasteiger partial charge in [0.1, 0.15) is 5.78 Å². The van der Waals surface area contributed by atoms with Gasteiger partial charge in [0.25, 0.3) is 0 Å². The molecular formula is C7H14BNO2. The molecule has 0 spiro atoms. The number of hydrogen-bond donors (Lipinski definition) is 1.